The van der Waals surface area contributed by atoms with Crippen molar-refractivity contribution in [1.29, 1.82) is 0 Å². The van der Waals surface area contributed by atoms with Gasteiger partial charge in [0.25, 0.3) is 0 Å². The molecule has 0 radical (unpaired) electrons. The number of aliphatic hydroxyl groups is 1. The molecule has 0 aromatic rings. The van der Waals surface area contributed by atoms with Gasteiger partial charge in [0.05, 0.1) is 6.10 Å². The summed E-state index contributed by atoms with van der Waals surface area (Å²) >= 11 is 0. The van der Waals surface area contributed by atoms with E-state index in [9.17, 15) is 5.11 Å². The van der Waals surface area contributed by atoms with E-state index in [1.54, 1.807) is 0 Å². The van der Waals surface area contributed by atoms with Crippen LogP contribution in [-0.2, 0) is 0 Å². The van der Waals surface area contributed by atoms with Gasteiger partial charge in [0.1, 0.15) is 0 Å². The third-order valence-electron chi connectivity index (χ3n) is 11.4. The Morgan fingerprint density at radius 3 is 0.796 bits per heavy atom. The fraction of sp³-hybridized carbons (Fsp3) is 0.958. The highest BCUT2D eigenvalue weighted by molar-refractivity contribution is 4.81. The van der Waals surface area contributed by atoms with Gasteiger partial charge >= 0.3 is 0 Å². The second kappa shape index (κ2) is 43.9. The van der Waals surface area contributed by atoms with Gasteiger partial charge in [-0.25, -0.2) is 0 Å². The lowest BCUT2D eigenvalue weighted by Gasteiger charge is -2.23. The van der Waals surface area contributed by atoms with E-state index in [0.29, 0.717) is 5.92 Å². The van der Waals surface area contributed by atoms with Gasteiger partial charge in [-0.15, -0.1) is 0 Å². The molecule has 0 rings (SSSR count). The van der Waals surface area contributed by atoms with Gasteiger partial charge in [0.2, 0.25) is 0 Å². The minimum atomic E-state index is -0.0521. The van der Waals surface area contributed by atoms with Crippen molar-refractivity contribution in [2.75, 3.05) is 0 Å². The lowest BCUT2D eigenvalue weighted by molar-refractivity contribution is 0.0829. The lowest BCUT2D eigenvalue weighted by Crippen LogP contribution is -2.20. The molecule has 1 heteroatoms. The lowest BCUT2D eigenvalue weighted by atomic mass is 9.87. The van der Waals surface area contributed by atoms with Gasteiger partial charge in [-0.1, -0.05) is 251 Å². The highest BCUT2D eigenvalue weighted by Gasteiger charge is 2.18. The smallest absolute Gasteiger partial charge is 0.0568 e. The van der Waals surface area contributed by atoms with E-state index in [4.69, 9.17) is 0 Å². The van der Waals surface area contributed by atoms with Crippen molar-refractivity contribution in [2.45, 2.75) is 290 Å². The predicted molar refractivity (Wildman–Crippen MR) is 225 cm³/mol. The Morgan fingerprint density at radius 1 is 0.286 bits per heavy atom. The zero-order valence-corrected chi connectivity index (χ0v) is 34.7. The van der Waals surface area contributed by atoms with Crippen LogP contribution >= 0.6 is 0 Å². The van der Waals surface area contributed by atoms with E-state index in [1.165, 1.54) is 257 Å². The van der Waals surface area contributed by atoms with E-state index in [2.05, 4.69) is 32.9 Å². The standard InChI is InChI=1S/C48H96O/c1-4-7-10-13-16-18-20-22-23-24-25-26-27-28-29-31-33-35-37-40-43-46-48(49)47(44-41-38-15-12-9-6-3)45-42-39-36-34-32-30-21-19-17-14-11-8-5-2/h22-23,47-49H,4-21,24-46H2,1-3H3/b23-22-. The SMILES string of the molecule is CCCCCCCC/C=C\CCCCCCCCCCCCCC(O)C(CCCCCCCC)CCCCCCCCCCCCCCC. The normalized spacial score (nSPS) is 13.1. The van der Waals surface area contributed by atoms with Crippen molar-refractivity contribution >= 4 is 0 Å². The van der Waals surface area contributed by atoms with Crippen LogP contribution in [0.25, 0.3) is 0 Å². The van der Waals surface area contributed by atoms with Crippen molar-refractivity contribution in [3.8, 4) is 0 Å². The van der Waals surface area contributed by atoms with Crippen LogP contribution in [0.3, 0.4) is 0 Å². The van der Waals surface area contributed by atoms with Gasteiger partial charge in [-0.2, -0.15) is 0 Å². The van der Waals surface area contributed by atoms with E-state index < -0.39 is 0 Å². The topological polar surface area (TPSA) is 20.2 Å². The van der Waals surface area contributed by atoms with E-state index in [-0.39, 0.29) is 6.10 Å². The van der Waals surface area contributed by atoms with Crippen molar-refractivity contribution in [3.63, 3.8) is 0 Å². The van der Waals surface area contributed by atoms with Gasteiger partial charge in [-0.05, 0) is 50.9 Å². The summed E-state index contributed by atoms with van der Waals surface area (Å²) in [5.74, 6) is 0.556. The summed E-state index contributed by atoms with van der Waals surface area (Å²) in [7, 11) is 0. The van der Waals surface area contributed by atoms with Crippen molar-refractivity contribution in [2.24, 2.45) is 5.92 Å². The molecule has 2 unspecified atom stereocenters. The monoisotopic (exact) mass is 689 g/mol. The minimum absolute atomic E-state index is 0.0521. The highest BCUT2D eigenvalue weighted by atomic mass is 16.3. The first-order valence-corrected chi connectivity index (χ1v) is 23.6. The average molecular weight is 689 g/mol. The summed E-state index contributed by atoms with van der Waals surface area (Å²) in [6, 6.07) is 0. The number of unbranched alkanes of at least 4 members (excludes halogenated alkanes) is 34. The predicted octanol–water partition coefficient (Wildman–Crippen LogP) is 17.6. The third kappa shape index (κ3) is 40.3. The molecule has 0 amide bonds. The second-order valence-electron chi connectivity index (χ2n) is 16.4. The molecule has 49 heavy (non-hydrogen) atoms. The molecule has 0 aliphatic carbocycles. The number of rotatable bonds is 43. The van der Waals surface area contributed by atoms with Crippen LogP contribution in [0.1, 0.15) is 284 Å². The molecule has 1 N–H and O–H groups in total. The van der Waals surface area contributed by atoms with Gasteiger partial charge in [0, 0.05) is 0 Å². The molecular weight excluding hydrogens is 593 g/mol. The van der Waals surface area contributed by atoms with E-state index in [0.717, 1.165) is 6.42 Å². The van der Waals surface area contributed by atoms with Crippen LogP contribution in [0.4, 0.5) is 0 Å². The Hall–Kier alpha value is -0.300. The molecule has 0 aliphatic heterocycles. The minimum Gasteiger partial charge on any atom is -0.393 e. The zero-order chi connectivity index (χ0) is 35.6. The first-order chi connectivity index (χ1) is 24.3. The number of hydrogen-bond acceptors (Lipinski definition) is 1. The quantitative estimate of drug-likeness (QED) is 0.0499. The maximum absolute atomic E-state index is 11.2. The first kappa shape index (κ1) is 48.7. The Bertz CT molecular complexity index is 596. The van der Waals surface area contributed by atoms with Crippen LogP contribution in [0.5, 0.6) is 0 Å². The number of allylic oxidation sites excluding steroid dienone is 2. The molecule has 2 atom stereocenters. The van der Waals surface area contributed by atoms with Crippen molar-refractivity contribution in [3.05, 3.63) is 12.2 Å². The zero-order valence-electron chi connectivity index (χ0n) is 34.7. The third-order valence-corrected chi connectivity index (χ3v) is 11.4. The highest BCUT2D eigenvalue weighted by Crippen LogP contribution is 2.26. The molecule has 0 fully saturated rings. The van der Waals surface area contributed by atoms with Crippen LogP contribution in [0.15, 0.2) is 12.2 Å². The average Bonchev–Trinajstić information content (AvgIpc) is 3.11. The van der Waals surface area contributed by atoms with Crippen molar-refractivity contribution in [1.82, 2.24) is 0 Å². The van der Waals surface area contributed by atoms with Crippen LogP contribution < -0.4 is 0 Å². The summed E-state index contributed by atoms with van der Waals surface area (Å²) in [6.07, 6.45) is 61.5. The Morgan fingerprint density at radius 2 is 0.510 bits per heavy atom. The fourth-order valence-electron chi connectivity index (χ4n) is 7.86. The molecule has 0 saturated heterocycles. The number of aliphatic hydroxyl groups excluding tert-OH is 1. The molecule has 1 nitrogen and oxygen atoms in total. The van der Waals surface area contributed by atoms with Gasteiger partial charge < -0.3 is 5.11 Å². The Kier molecular flexibility index (Phi) is 43.6. The Labute approximate surface area is 312 Å². The Balaban J connectivity index is 3.81. The van der Waals surface area contributed by atoms with Crippen LogP contribution in [0, 0.1) is 5.92 Å². The maximum atomic E-state index is 11.2. The van der Waals surface area contributed by atoms with Crippen LogP contribution in [0.2, 0.25) is 0 Å². The molecule has 0 aliphatic rings. The summed E-state index contributed by atoms with van der Waals surface area (Å²) in [5.41, 5.74) is 0. The molecule has 0 aromatic heterocycles. The molecule has 0 heterocycles. The van der Waals surface area contributed by atoms with Gasteiger partial charge in [0.15, 0.2) is 0 Å². The fourth-order valence-corrected chi connectivity index (χ4v) is 7.86. The van der Waals surface area contributed by atoms with E-state index >= 15 is 0 Å². The molecule has 0 spiro atoms. The molecule has 0 saturated carbocycles. The van der Waals surface area contributed by atoms with Crippen molar-refractivity contribution < 1.29 is 5.11 Å². The summed E-state index contributed by atoms with van der Waals surface area (Å²) < 4.78 is 0. The molecule has 0 bridgehead atoms. The second-order valence-corrected chi connectivity index (χ2v) is 16.4. The van der Waals surface area contributed by atoms with E-state index in [1.807, 2.05) is 0 Å². The van der Waals surface area contributed by atoms with Crippen LogP contribution in [-0.4, -0.2) is 11.2 Å². The molecule has 0 aromatic carbocycles. The largest absolute Gasteiger partial charge is 0.393 e. The maximum Gasteiger partial charge on any atom is 0.0568 e. The first-order valence-electron chi connectivity index (χ1n) is 23.6. The summed E-state index contributed by atoms with van der Waals surface area (Å²) in [4.78, 5) is 0. The molecular formula is C48H96O. The summed E-state index contributed by atoms with van der Waals surface area (Å²) in [5, 5.41) is 11.2. The summed E-state index contributed by atoms with van der Waals surface area (Å²) in [6.45, 7) is 6.91. The molecule has 294 valence electrons. The number of hydrogen-bond donors (Lipinski definition) is 1. The van der Waals surface area contributed by atoms with Gasteiger partial charge in [-0.3, -0.25) is 0 Å².